The van der Waals surface area contributed by atoms with Crippen molar-refractivity contribution in [2.24, 2.45) is 0 Å². The van der Waals surface area contributed by atoms with E-state index >= 15 is 0 Å². The summed E-state index contributed by atoms with van der Waals surface area (Å²) in [6.45, 7) is 4.20. The molecule has 78 valence electrons. The van der Waals surface area contributed by atoms with E-state index in [0.717, 1.165) is 24.0 Å². The zero-order valence-corrected chi connectivity index (χ0v) is 9.15. The van der Waals surface area contributed by atoms with Crippen molar-refractivity contribution in [2.45, 2.75) is 46.0 Å². The standard InChI is InChI=1S/C13H19F/c1-3-4-5-6-7-12-10-11(2)8-9-13(12)14/h8-10H,3-7H2,1-2H3. The second-order valence-electron chi connectivity index (χ2n) is 3.91. The molecule has 1 rings (SSSR count). The zero-order chi connectivity index (χ0) is 10.4. The Morgan fingerprint density at radius 1 is 1.14 bits per heavy atom. The Balaban J connectivity index is 2.45. The van der Waals surface area contributed by atoms with Crippen LogP contribution in [-0.2, 0) is 6.42 Å². The first-order chi connectivity index (χ1) is 6.74. The van der Waals surface area contributed by atoms with Gasteiger partial charge in [0.25, 0.3) is 0 Å². The molecule has 0 saturated heterocycles. The molecule has 14 heavy (non-hydrogen) atoms. The molecule has 0 unspecified atom stereocenters. The zero-order valence-electron chi connectivity index (χ0n) is 9.15. The molecular weight excluding hydrogens is 175 g/mol. The van der Waals surface area contributed by atoms with Crippen LogP contribution in [0.15, 0.2) is 18.2 Å². The highest BCUT2D eigenvalue weighted by Crippen LogP contribution is 2.13. The molecule has 0 heterocycles. The average Bonchev–Trinajstić information content (AvgIpc) is 2.18. The van der Waals surface area contributed by atoms with Crippen LogP contribution in [0.5, 0.6) is 0 Å². The van der Waals surface area contributed by atoms with Crippen molar-refractivity contribution in [1.29, 1.82) is 0 Å². The van der Waals surface area contributed by atoms with Crippen molar-refractivity contribution in [1.82, 2.24) is 0 Å². The fourth-order valence-corrected chi connectivity index (χ4v) is 1.64. The summed E-state index contributed by atoms with van der Waals surface area (Å²) in [4.78, 5) is 0. The Hall–Kier alpha value is -0.850. The summed E-state index contributed by atoms with van der Waals surface area (Å²) in [5.41, 5.74) is 2.03. The van der Waals surface area contributed by atoms with Crippen molar-refractivity contribution in [3.63, 3.8) is 0 Å². The second kappa shape index (κ2) is 5.79. The smallest absolute Gasteiger partial charge is 0.126 e. The van der Waals surface area contributed by atoms with Crippen LogP contribution in [0.4, 0.5) is 4.39 Å². The number of unbranched alkanes of at least 4 members (excludes halogenated alkanes) is 3. The van der Waals surface area contributed by atoms with E-state index in [-0.39, 0.29) is 5.82 Å². The first-order valence-electron chi connectivity index (χ1n) is 5.49. The van der Waals surface area contributed by atoms with E-state index in [9.17, 15) is 4.39 Å². The average molecular weight is 194 g/mol. The number of benzene rings is 1. The normalized spacial score (nSPS) is 10.5. The molecule has 0 N–H and O–H groups in total. The van der Waals surface area contributed by atoms with E-state index in [1.54, 1.807) is 6.07 Å². The predicted molar refractivity (Wildman–Crippen MR) is 59.0 cm³/mol. The van der Waals surface area contributed by atoms with Crippen molar-refractivity contribution in [3.05, 3.63) is 35.1 Å². The van der Waals surface area contributed by atoms with Gasteiger partial charge in [0.15, 0.2) is 0 Å². The third-order valence-electron chi connectivity index (χ3n) is 2.50. The van der Waals surface area contributed by atoms with Gasteiger partial charge in [-0.3, -0.25) is 0 Å². The summed E-state index contributed by atoms with van der Waals surface area (Å²) in [7, 11) is 0. The van der Waals surface area contributed by atoms with Crippen molar-refractivity contribution in [3.8, 4) is 0 Å². The molecule has 1 aromatic rings. The Bertz CT molecular complexity index is 279. The minimum atomic E-state index is -0.0490. The number of rotatable bonds is 5. The van der Waals surface area contributed by atoms with Crippen LogP contribution in [-0.4, -0.2) is 0 Å². The van der Waals surface area contributed by atoms with E-state index in [4.69, 9.17) is 0 Å². The maximum absolute atomic E-state index is 13.3. The molecule has 0 aliphatic heterocycles. The lowest BCUT2D eigenvalue weighted by Gasteiger charge is -2.04. The Labute approximate surface area is 86.2 Å². The van der Waals surface area contributed by atoms with Gasteiger partial charge in [-0.2, -0.15) is 0 Å². The van der Waals surface area contributed by atoms with Crippen LogP contribution in [0.1, 0.15) is 43.7 Å². The van der Waals surface area contributed by atoms with Crippen LogP contribution >= 0.6 is 0 Å². The number of hydrogen-bond donors (Lipinski definition) is 0. The third kappa shape index (κ3) is 3.49. The molecule has 0 atom stereocenters. The number of aryl methyl sites for hydroxylation is 2. The van der Waals surface area contributed by atoms with Gasteiger partial charge in [-0.1, -0.05) is 43.9 Å². The number of halogens is 1. The van der Waals surface area contributed by atoms with E-state index in [0.29, 0.717) is 0 Å². The van der Waals surface area contributed by atoms with Crippen LogP contribution in [0.3, 0.4) is 0 Å². The van der Waals surface area contributed by atoms with E-state index in [1.807, 2.05) is 19.1 Å². The molecule has 0 bridgehead atoms. The lowest BCUT2D eigenvalue weighted by Crippen LogP contribution is -1.91. The molecule has 1 heteroatoms. The Morgan fingerprint density at radius 3 is 2.64 bits per heavy atom. The molecule has 0 nitrogen and oxygen atoms in total. The topological polar surface area (TPSA) is 0 Å². The molecule has 0 amide bonds. The SMILES string of the molecule is CCCCCCc1cc(C)ccc1F. The van der Waals surface area contributed by atoms with E-state index in [1.165, 1.54) is 19.3 Å². The first kappa shape index (κ1) is 11.2. The molecule has 0 fully saturated rings. The summed E-state index contributed by atoms with van der Waals surface area (Å²) < 4.78 is 13.3. The molecular formula is C13H19F. The molecule has 0 radical (unpaired) electrons. The van der Waals surface area contributed by atoms with Gasteiger partial charge in [-0.15, -0.1) is 0 Å². The maximum Gasteiger partial charge on any atom is 0.126 e. The highest BCUT2D eigenvalue weighted by Gasteiger charge is 2.01. The van der Waals surface area contributed by atoms with Crippen molar-refractivity contribution in [2.75, 3.05) is 0 Å². The summed E-state index contributed by atoms with van der Waals surface area (Å²) in [6, 6.07) is 5.36. The van der Waals surface area contributed by atoms with Gasteiger partial charge in [0, 0.05) is 0 Å². The highest BCUT2D eigenvalue weighted by molar-refractivity contribution is 5.24. The minimum Gasteiger partial charge on any atom is -0.207 e. The highest BCUT2D eigenvalue weighted by atomic mass is 19.1. The molecule has 1 aromatic carbocycles. The van der Waals surface area contributed by atoms with Gasteiger partial charge in [-0.05, 0) is 31.4 Å². The molecule has 0 spiro atoms. The Kier molecular flexibility index (Phi) is 4.64. The fraction of sp³-hybridized carbons (Fsp3) is 0.538. The van der Waals surface area contributed by atoms with Gasteiger partial charge < -0.3 is 0 Å². The van der Waals surface area contributed by atoms with Gasteiger partial charge in [0.2, 0.25) is 0 Å². The summed E-state index contributed by atoms with van der Waals surface area (Å²) in [5, 5.41) is 0. The van der Waals surface area contributed by atoms with Crippen LogP contribution in [0.25, 0.3) is 0 Å². The van der Waals surface area contributed by atoms with E-state index < -0.39 is 0 Å². The predicted octanol–water partition coefficient (Wildman–Crippen LogP) is 4.26. The second-order valence-corrected chi connectivity index (χ2v) is 3.91. The minimum absolute atomic E-state index is 0.0490. The fourth-order valence-electron chi connectivity index (χ4n) is 1.64. The monoisotopic (exact) mass is 194 g/mol. The maximum atomic E-state index is 13.3. The largest absolute Gasteiger partial charge is 0.207 e. The van der Waals surface area contributed by atoms with Gasteiger partial charge in [0.05, 0.1) is 0 Å². The van der Waals surface area contributed by atoms with Crippen LogP contribution < -0.4 is 0 Å². The summed E-state index contributed by atoms with van der Waals surface area (Å²) >= 11 is 0. The number of hydrogen-bond acceptors (Lipinski definition) is 0. The van der Waals surface area contributed by atoms with Gasteiger partial charge in [-0.25, -0.2) is 4.39 Å². The van der Waals surface area contributed by atoms with Crippen LogP contribution in [0.2, 0.25) is 0 Å². The third-order valence-corrected chi connectivity index (χ3v) is 2.50. The van der Waals surface area contributed by atoms with Crippen molar-refractivity contribution < 1.29 is 4.39 Å². The molecule has 0 aliphatic rings. The van der Waals surface area contributed by atoms with Gasteiger partial charge >= 0.3 is 0 Å². The lowest BCUT2D eigenvalue weighted by molar-refractivity contribution is 0.593. The van der Waals surface area contributed by atoms with Crippen molar-refractivity contribution >= 4 is 0 Å². The summed E-state index contributed by atoms with van der Waals surface area (Å²) in [5.74, 6) is -0.0490. The first-order valence-corrected chi connectivity index (χ1v) is 5.49. The lowest BCUT2D eigenvalue weighted by atomic mass is 10.0. The molecule has 0 saturated carbocycles. The molecule has 0 aromatic heterocycles. The van der Waals surface area contributed by atoms with Crippen LogP contribution in [0, 0.1) is 12.7 Å². The Morgan fingerprint density at radius 2 is 1.93 bits per heavy atom. The van der Waals surface area contributed by atoms with E-state index in [2.05, 4.69) is 6.92 Å². The summed E-state index contributed by atoms with van der Waals surface area (Å²) in [6.07, 6.45) is 5.69. The quantitative estimate of drug-likeness (QED) is 0.614. The van der Waals surface area contributed by atoms with Gasteiger partial charge in [0.1, 0.15) is 5.82 Å². The molecule has 0 aliphatic carbocycles.